The summed E-state index contributed by atoms with van der Waals surface area (Å²) in [5.41, 5.74) is 10.3. The summed E-state index contributed by atoms with van der Waals surface area (Å²) in [4.78, 5) is 12.1. The molecule has 1 aromatic rings. The molecular weight excluding hydrogens is 272 g/mol. The van der Waals surface area contributed by atoms with E-state index in [4.69, 9.17) is 5.73 Å². The number of carbonyl (C=O) groups excluding carboxylic acids is 1. The third kappa shape index (κ3) is 3.19. The van der Waals surface area contributed by atoms with Gasteiger partial charge in [0.15, 0.2) is 0 Å². The number of nitrogens with two attached hydrogens (primary N) is 1. The third-order valence-electron chi connectivity index (χ3n) is 5.04. The topological polar surface area (TPSA) is 55.1 Å². The molecule has 3 N–H and O–H groups in total. The van der Waals surface area contributed by atoms with E-state index in [1.165, 1.54) is 16.7 Å². The van der Waals surface area contributed by atoms with E-state index in [1.807, 2.05) is 0 Å². The zero-order chi connectivity index (χ0) is 15.9. The van der Waals surface area contributed by atoms with Crippen molar-refractivity contribution in [3.8, 4) is 0 Å². The highest BCUT2D eigenvalue weighted by Gasteiger charge is 2.32. The second-order valence-corrected chi connectivity index (χ2v) is 8.03. The van der Waals surface area contributed by atoms with Gasteiger partial charge in [0, 0.05) is 12.0 Å². The highest BCUT2D eigenvalue weighted by molar-refractivity contribution is 5.81. The summed E-state index contributed by atoms with van der Waals surface area (Å²) in [7, 11) is 0. The van der Waals surface area contributed by atoms with Crippen LogP contribution < -0.4 is 11.1 Å². The molecule has 2 atom stereocenters. The van der Waals surface area contributed by atoms with Gasteiger partial charge < -0.3 is 11.1 Å². The first kappa shape index (κ1) is 15.5. The number of nitrogens with one attached hydrogen (secondary N) is 1. The monoisotopic (exact) mass is 300 g/mol. The number of fused-ring (bicyclic) bond motifs is 1. The van der Waals surface area contributed by atoms with Gasteiger partial charge in [0.1, 0.15) is 0 Å². The minimum atomic E-state index is 0.0134. The fourth-order valence-corrected chi connectivity index (χ4v) is 3.30. The summed E-state index contributed by atoms with van der Waals surface area (Å²) >= 11 is 0. The van der Waals surface area contributed by atoms with E-state index in [0.717, 1.165) is 32.1 Å². The molecule has 0 bridgehead atoms. The highest BCUT2D eigenvalue weighted by Crippen LogP contribution is 2.37. The Kier molecular flexibility index (Phi) is 4.02. The zero-order valence-electron chi connectivity index (χ0n) is 14.0. The summed E-state index contributed by atoms with van der Waals surface area (Å²) < 4.78 is 0. The highest BCUT2D eigenvalue weighted by atomic mass is 16.2. The fraction of sp³-hybridized carbons (Fsp3) is 0.632. The molecule has 2 aliphatic rings. The summed E-state index contributed by atoms with van der Waals surface area (Å²) in [5, 5.41) is 3.26. The number of benzene rings is 1. The maximum absolute atomic E-state index is 12.1. The lowest BCUT2D eigenvalue weighted by Crippen LogP contribution is -2.32. The van der Waals surface area contributed by atoms with Crippen molar-refractivity contribution in [2.45, 2.75) is 65.0 Å². The Morgan fingerprint density at radius 3 is 2.64 bits per heavy atom. The van der Waals surface area contributed by atoms with Gasteiger partial charge in [-0.05, 0) is 54.2 Å². The number of aryl methyl sites for hydroxylation is 1. The average Bonchev–Trinajstić information content (AvgIpc) is 3.30. The second kappa shape index (κ2) is 5.69. The molecule has 3 rings (SSSR count). The van der Waals surface area contributed by atoms with Crippen LogP contribution in [0, 0.1) is 11.3 Å². The van der Waals surface area contributed by atoms with E-state index in [1.54, 1.807) is 0 Å². The lowest BCUT2D eigenvalue weighted by molar-refractivity contribution is -0.123. The van der Waals surface area contributed by atoms with E-state index in [0.29, 0.717) is 0 Å². The molecule has 3 nitrogen and oxygen atoms in total. The molecule has 0 aliphatic heterocycles. The largest absolute Gasteiger partial charge is 0.349 e. The van der Waals surface area contributed by atoms with Crippen molar-refractivity contribution in [2.24, 2.45) is 17.1 Å². The van der Waals surface area contributed by atoms with E-state index >= 15 is 0 Å². The SMILES string of the molecule is CC(C)(C)C(N)c1ccc2c(c1)C(NC(=O)C1CC1)CCC2. The molecule has 3 heteroatoms. The zero-order valence-corrected chi connectivity index (χ0v) is 14.0. The van der Waals surface area contributed by atoms with Crippen molar-refractivity contribution >= 4 is 5.91 Å². The Morgan fingerprint density at radius 2 is 2.00 bits per heavy atom. The van der Waals surface area contributed by atoms with E-state index in [9.17, 15) is 4.79 Å². The van der Waals surface area contributed by atoms with Gasteiger partial charge >= 0.3 is 0 Å². The maximum Gasteiger partial charge on any atom is 0.223 e. The van der Waals surface area contributed by atoms with Gasteiger partial charge in [-0.25, -0.2) is 0 Å². The van der Waals surface area contributed by atoms with Gasteiger partial charge in [-0.1, -0.05) is 39.0 Å². The smallest absolute Gasteiger partial charge is 0.223 e. The molecular formula is C19H28N2O. The Labute approximate surface area is 133 Å². The van der Waals surface area contributed by atoms with Crippen LogP contribution in [0.2, 0.25) is 0 Å². The lowest BCUT2D eigenvalue weighted by Gasteiger charge is -2.31. The minimum Gasteiger partial charge on any atom is -0.349 e. The van der Waals surface area contributed by atoms with Gasteiger partial charge in [0.25, 0.3) is 0 Å². The van der Waals surface area contributed by atoms with Crippen LogP contribution >= 0.6 is 0 Å². The van der Waals surface area contributed by atoms with Crippen LogP contribution in [0.5, 0.6) is 0 Å². The molecule has 2 unspecified atom stereocenters. The molecule has 22 heavy (non-hydrogen) atoms. The van der Waals surface area contributed by atoms with Crippen molar-refractivity contribution in [1.29, 1.82) is 0 Å². The molecule has 0 radical (unpaired) electrons. The number of hydrogen-bond acceptors (Lipinski definition) is 2. The molecule has 1 fully saturated rings. The molecule has 1 saturated carbocycles. The van der Waals surface area contributed by atoms with Crippen LogP contribution in [0.25, 0.3) is 0 Å². The van der Waals surface area contributed by atoms with Crippen LogP contribution in [0.3, 0.4) is 0 Å². The normalized spacial score (nSPS) is 22.8. The molecule has 1 aromatic carbocycles. The van der Waals surface area contributed by atoms with Crippen molar-refractivity contribution in [2.75, 3.05) is 0 Å². The molecule has 0 spiro atoms. The standard InChI is InChI=1S/C19H28N2O/c1-19(2,3)17(20)14-10-7-12-5-4-6-16(15(12)11-14)21-18(22)13-8-9-13/h7,10-11,13,16-17H,4-6,8-9,20H2,1-3H3,(H,21,22). The first-order chi connectivity index (χ1) is 10.4. The van der Waals surface area contributed by atoms with Gasteiger partial charge in [-0.2, -0.15) is 0 Å². The van der Waals surface area contributed by atoms with E-state index in [2.05, 4.69) is 44.3 Å². The second-order valence-electron chi connectivity index (χ2n) is 8.03. The third-order valence-corrected chi connectivity index (χ3v) is 5.04. The van der Waals surface area contributed by atoms with E-state index < -0.39 is 0 Å². The van der Waals surface area contributed by atoms with Crippen LogP contribution in [-0.4, -0.2) is 5.91 Å². The lowest BCUT2D eigenvalue weighted by atomic mass is 9.80. The minimum absolute atomic E-state index is 0.0134. The maximum atomic E-state index is 12.1. The van der Waals surface area contributed by atoms with Gasteiger partial charge in [-0.15, -0.1) is 0 Å². The molecule has 0 aromatic heterocycles. The van der Waals surface area contributed by atoms with Gasteiger partial charge in [0.2, 0.25) is 5.91 Å². The number of hydrogen-bond donors (Lipinski definition) is 2. The Hall–Kier alpha value is -1.35. The Morgan fingerprint density at radius 1 is 1.27 bits per heavy atom. The molecule has 2 aliphatic carbocycles. The first-order valence-corrected chi connectivity index (χ1v) is 8.55. The first-order valence-electron chi connectivity index (χ1n) is 8.55. The number of amides is 1. The molecule has 0 heterocycles. The van der Waals surface area contributed by atoms with Crippen molar-refractivity contribution in [1.82, 2.24) is 5.32 Å². The summed E-state index contributed by atoms with van der Waals surface area (Å²) in [6, 6.07) is 6.80. The quantitative estimate of drug-likeness (QED) is 0.895. The molecule has 120 valence electrons. The summed E-state index contributed by atoms with van der Waals surface area (Å²) in [5.74, 6) is 0.508. The van der Waals surface area contributed by atoms with Crippen LogP contribution in [0.1, 0.15) is 75.2 Å². The predicted molar refractivity (Wildman–Crippen MR) is 89.4 cm³/mol. The van der Waals surface area contributed by atoms with Crippen molar-refractivity contribution < 1.29 is 4.79 Å². The van der Waals surface area contributed by atoms with Crippen LogP contribution in [0.4, 0.5) is 0 Å². The average molecular weight is 300 g/mol. The number of rotatable bonds is 3. The van der Waals surface area contributed by atoms with Crippen LogP contribution in [0.15, 0.2) is 18.2 Å². The fourth-order valence-electron chi connectivity index (χ4n) is 3.30. The summed E-state index contributed by atoms with van der Waals surface area (Å²) in [6.07, 6.45) is 5.41. The van der Waals surface area contributed by atoms with Gasteiger partial charge in [-0.3, -0.25) is 4.79 Å². The molecule has 0 saturated heterocycles. The van der Waals surface area contributed by atoms with Gasteiger partial charge in [0.05, 0.1) is 6.04 Å². The Balaban J connectivity index is 1.85. The van der Waals surface area contributed by atoms with E-state index in [-0.39, 0.29) is 29.3 Å². The summed E-state index contributed by atoms with van der Waals surface area (Å²) in [6.45, 7) is 6.51. The Bertz CT molecular complexity index is 569. The van der Waals surface area contributed by atoms with Crippen LogP contribution in [-0.2, 0) is 11.2 Å². The predicted octanol–water partition coefficient (Wildman–Crippen LogP) is 3.64. The van der Waals surface area contributed by atoms with Crippen molar-refractivity contribution in [3.05, 3.63) is 34.9 Å². The van der Waals surface area contributed by atoms with Crippen molar-refractivity contribution in [3.63, 3.8) is 0 Å². The number of carbonyl (C=O) groups is 1. The molecule has 1 amide bonds.